The van der Waals surface area contributed by atoms with Crippen LogP contribution in [-0.2, 0) is 14.3 Å². The molecule has 5 heteroatoms. The van der Waals surface area contributed by atoms with Gasteiger partial charge in [0.05, 0.1) is 23.9 Å². The van der Waals surface area contributed by atoms with Gasteiger partial charge in [0.2, 0.25) is 0 Å². The molecule has 0 amide bonds. The van der Waals surface area contributed by atoms with Gasteiger partial charge in [-0.3, -0.25) is 0 Å². The zero-order valence-electron chi connectivity index (χ0n) is 11.8. The summed E-state index contributed by atoms with van der Waals surface area (Å²) < 4.78 is 10.4. The molecule has 1 aliphatic carbocycles. The second-order valence-corrected chi connectivity index (χ2v) is 5.54. The lowest BCUT2D eigenvalue weighted by atomic mass is 9.79. The molecular formula is C15H20ClNO3. The number of ether oxygens (including phenoxy) is 2. The van der Waals surface area contributed by atoms with E-state index in [1.807, 2.05) is 18.2 Å². The minimum atomic E-state index is -0.765. The quantitative estimate of drug-likeness (QED) is 0.867. The Morgan fingerprint density at radius 3 is 2.80 bits per heavy atom. The van der Waals surface area contributed by atoms with Gasteiger partial charge in [-0.05, 0) is 31.4 Å². The molecule has 0 aromatic heterocycles. The maximum absolute atomic E-state index is 12.3. The Bertz CT molecular complexity index is 480. The number of benzene rings is 1. The van der Waals surface area contributed by atoms with E-state index in [2.05, 4.69) is 5.32 Å². The number of methoxy groups -OCH3 is 2. The first-order chi connectivity index (χ1) is 9.61. The van der Waals surface area contributed by atoms with Crippen LogP contribution in [0.4, 0.5) is 5.69 Å². The van der Waals surface area contributed by atoms with Crippen molar-refractivity contribution in [2.75, 3.05) is 19.5 Å². The number of halogens is 1. The van der Waals surface area contributed by atoms with E-state index >= 15 is 0 Å². The first kappa shape index (κ1) is 15.1. The monoisotopic (exact) mass is 297 g/mol. The summed E-state index contributed by atoms with van der Waals surface area (Å²) in [5, 5.41) is 3.88. The van der Waals surface area contributed by atoms with Gasteiger partial charge in [0.25, 0.3) is 0 Å². The summed E-state index contributed by atoms with van der Waals surface area (Å²) in [5.41, 5.74) is -0.0186. The predicted molar refractivity (Wildman–Crippen MR) is 79.1 cm³/mol. The Morgan fingerprint density at radius 2 is 2.15 bits per heavy atom. The van der Waals surface area contributed by atoms with Crippen molar-refractivity contribution in [1.82, 2.24) is 0 Å². The summed E-state index contributed by atoms with van der Waals surface area (Å²) in [6, 6.07) is 7.40. The lowest BCUT2D eigenvalue weighted by Crippen LogP contribution is -2.52. The van der Waals surface area contributed by atoms with Crippen molar-refractivity contribution in [2.24, 2.45) is 0 Å². The van der Waals surface area contributed by atoms with Crippen molar-refractivity contribution in [1.29, 1.82) is 0 Å². The van der Waals surface area contributed by atoms with Gasteiger partial charge in [-0.25, -0.2) is 4.79 Å². The summed E-state index contributed by atoms with van der Waals surface area (Å²) in [7, 11) is 3.09. The third-order valence-corrected chi connectivity index (χ3v) is 4.19. The van der Waals surface area contributed by atoms with Gasteiger partial charge in [0.1, 0.15) is 5.54 Å². The molecule has 1 aromatic carbocycles. The van der Waals surface area contributed by atoms with Crippen LogP contribution in [0.15, 0.2) is 24.3 Å². The molecule has 2 rings (SSSR count). The van der Waals surface area contributed by atoms with Crippen molar-refractivity contribution in [3.8, 4) is 0 Å². The molecule has 1 fully saturated rings. The van der Waals surface area contributed by atoms with Crippen LogP contribution in [0.1, 0.15) is 25.7 Å². The lowest BCUT2D eigenvalue weighted by molar-refractivity contribution is -0.149. The topological polar surface area (TPSA) is 47.6 Å². The van der Waals surface area contributed by atoms with Crippen LogP contribution >= 0.6 is 11.6 Å². The van der Waals surface area contributed by atoms with Crippen LogP contribution in [0.5, 0.6) is 0 Å². The van der Waals surface area contributed by atoms with Crippen molar-refractivity contribution in [3.05, 3.63) is 29.3 Å². The van der Waals surface area contributed by atoms with E-state index in [4.69, 9.17) is 21.1 Å². The Morgan fingerprint density at radius 1 is 1.40 bits per heavy atom. The standard InChI is InChI=1S/C15H20ClNO3/c1-19-11-6-5-9-15(10-11,14(18)20-2)17-13-8-4-3-7-12(13)16/h3-4,7-8,11,17H,5-6,9-10H2,1-2H3. The number of para-hydroxylation sites is 1. The van der Waals surface area contributed by atoms with Crippen molar-refractivity contribution < 1.29 is 14.3 Å². The number of hydrogen-bond acceptors (Lipinski definition) is 4. The Labute approximate surface area is 124 Å². The zero-order chi connectivity index (χ0) is 14.6. The molecule has 1 aliphatic rings. The Hall–Kier alpha value is -1.26. The van der Waals surface area contributed by atoms with Crippen LogP contribution < -0.4 is 5.32 Å². The molecule has 1 aromatic rings. The molecule has 1 N–H and O–H groups in total. The fourth-order valence-electron chi connectivity index (χ4n) is 2.79. The van der Waals surface area contributed by atoms with Crippen molar-refractivity contribution in [2.45, 2.75) is 37.3 Å². The molecule has 1 saturated carbocycles. The highest BCUT2D eigenvalue weighted by Crippen LogP contribution is 2.36. The van der Waals surface area contributed by atoms with Gasteiger partial charge in [0, 0.05) is 13.5 Å². The fourth-order valence-corrected chi connectivity index (χ4v) is 2.97. The predicted octanol–water partition coefficient (Wildman–Crippen LogP) is 3.25. The van der Waals surface area contributed by atoms with Crippen LogP contribution in [-0.4, -0.2) is 31.8 Å². The number of carbonyl (C=O) groups excluding carboxylic acids is 1. The molecule has 2 unspecified atom stereocenters. The summed E-state index contributed by atoms with van der Waals surface area (Å²) in [4.78, 5) is 12.3. The van der Waals surface area contributed by atoms with Crippen LogP contribution in [0.2, 0.25) is 5.02 Å². The largest absolute Gasteiger partial charge is 0.467 e. The number of anilines is 1. The maximum atomic E-state index is 12.3. The van der Waals surface area contributed by atoms with E-state index in [0.717, 1.165) is 18.5 Å². The molecule has 0 spiro atoms. The first-order valence-corrected chi connectivity index (χ1v) is 7.13. The zero-order valence-corrected chi connectivity index (χ0v) is 12.6. The van der Waals surface area contributed by atoms with Crippen LogP contribution in [0, 0.1) is 0 Å². The molecule has 20 heavy (non-hydrogen) atoms. The number of carbonyl (C=O) groups is 1. The number of esters is 1. The van der Waals surface area contributed by atoms with Gasteiger partial charge in [-0.1, -0.05) is 23.7 Å². The van der Waals surface area contributed by atoms with Gasteiger partial charge < -0.3 is 14.8 Å². The maximum Gasteiger partial charge on any atom is 0.331 e. The van der Waals surface area contributed by atoms with Crippen LogP contribution in [0.3, 0.4) is 0 Å². The van der Waals surface area contributed by atoms with Gasteiger partial charge in [-0.2, -0.15) is 0 Å². The summed E-state index contributed by atoms with van der Waals surface area (Å²) >= 11 is 6.18. The number of nitrogens with one attached hydrogen (secondary N) is 1. The molecule has 0 bridgehead atoms. The summed E-state index contributed by atoms with van der Waals surface area (Å²) in [6.45, 7) is 0. The fraction of sp³-hybridized carbons (Fsp3) is 0.533. The minimum Gasteiger partial charge on any atom is -0.467 e. The van der Waals surface area contributed by atoms with Crippen molar-refractivity contribution >= 4 is 23.3 Å². The SMILES string of the molecule is COC(=O)C1(Nc2ccccc2Cl)CCCC(OC)C1. The van der Waals surface area contributed by atoms with E-state index in [1.54, 1.807) is 13.2 Å². The highest BCUT2D eigenvalue weighted by molar-refractivity contribution is 6.33. The highest BCUT2D eigenvalue weighted by atomic mass is 35.5. The molecule has 0 saturated heterocycles. The molecule has 110 valence electrons. The van der Waals surface area contributed by atoms with E-state index < -0.39 is 5.54 Å². The number of hydrogen-bond donors (Lipinski definition) is 1. The molecule has 0 aliphatic heterocycles. The highest BCUT2D eigenvalue weighted by Gasteiger charge is 2.44. The molecular weight excluding hydrogens is 278 g/mol. The van der Waals surface area contributed by atoms with Crippen molar-refractivity contribution in [3.63, 3.8) is 0 Å². The molecule has 4 nitrogen and oxygen atoms in total. The Kier molecular flexibility index (Phi) is 4.89. The molecule has 0 radical (unpaired) electrons. The first-order valence-electron chi connectivity index (χ1n) is 6.75. The Balaban J connectivity index is 2.28. The van der Waals surface area contributed by atoms with E-state index in [-0.39, 0.29) is 12.1 Å². The van der Waals surface area contributed by atoms with Gasteiger partial charge in [0.15, 0.2) is 0 Å². The van der Waals surface area contributed by atoms with E-state index in [1.165, 1.54) is 7.11 Å². The van der Waals surface area contributed by atoms with Gasteiger partial charge in [-0.15, -0.1) is 0 Å². The summed E-state index contributed by atoms with van der Waals surface area (Å²) in [6.07, 6.45) is 3.22. The van der Waals surface area contributed by atoms with E-state index in [0.29, 0.717) is 17.9 Å². The molecule has 2 atom stereocenters. The third kappa shape index (κ3) is 3.07. The third-order valence-electron chi connectivity index (χ3n) is 3.86. The summed E-state index contributed by atoms with van der Waals surface area (Å²) in [5.74, 6) is -0.265. The van der Waals surface area contributed by atoms with E-state index in [9.17, 15) is 4.79 Å². The average Bonchev–Trinajstić information content (AvgIpc) is 2.49. The minimum absolute atomic E-state index is 0.0536. The smallest absolute Gasteiger partial charge is 0.331 e. The molecule has 0 heterocycles. The van der Waals surface area contributed by atoms with Gasteiger partial charge >= 0.3 is 5.97 Å². The average molecular weight is 298 g/mol. The second-order valence-electron chi connectivity index (χ2n) is 5.13. The lowest BCUT2D eigenvalue weighted by Gasteiger charge is -2.39. The number of rotatable bonds is 4. The second kappa shape index (κ2) is 6.46. The normalized spacial score (nSPS) is 26.1. The van der Waals surface area contributed by atoms with Crippen LogP contribution in [0.25, 0.3) is 0 Å².